The van der Waals surface area contributed by atoms with Crippen molar-refractivity contribution in [2.45, 2.75) is 71.4 Å². The number of likely N-dealkylation sites (tertiary alicyclic amines) is 1. The normalized spacial score (nSPS) is 29.3. The van der Waals surface area contributed by atoms with E-state index in [0.29, 0.717) is 11.5 Å². The van der Waals surface area contributed by atoms with Gasteiger partial charge in [0.25, 0.3) is 0 Å². The van der Waals surface area contributed by atoms with Crippen LogP contribution >= 0.6 is 0 Å². The standard InChI is InChI=1S/C15H30N2/c1-4-15(8-5-6-9-15)12-17-10-7-14(11-17)16-13(2)3/h13-14,16H,4-12H2,1-3H3. The second-order valence-corrected chi connectivity index (χ2v) is 6.60. The summed E-state index contributed by atoms with van der Waals surface area (Å²) in [6.07, 6.45) is 8.61. The Morgan fingerprint density at radius 2 is 2.00 bits per heavy atom. The third-order valence-corrected chi connectivity index (χ3v) is 4.81. The molecule has 0 aromatic carbocycles. The highest BCUT2D eigenvalue weighted by atomic mass is 15.2. The molecule has 17 heavy (non-hydrogen) atoms. The number of rotatable bonds is 5. The SMILES string of the molecule is CCC1(CN2CCC(NC(C)C)C2)CCCC1. The smallest absolute Gasteiger partial charge is 0.0209 e. The highest BCUT2D eigenvalue weighted by molar-refractivity contribution is 4.90. The lowest BCUT2D eigenvalue weighted by Gasteiger charge is -2.32. The molecule has 1 N–H and O–H groups in total. The first-order valence-electron chi connectivity index (χ1n) is 7.62. The van der Waals surface area contributed by atoms with E-state index in [1.165, 1.54) is 58.2 Å². The molecule has 0 radical (unpaired) electrons. The Morgan fingerprint density at radius 1 is 1.29 bits per heavy atom. The zero-order valence-corrected chi connectivity index (χ0v) is 12.0. The second kappa shape index (κ2) is 5.71. The first-order chi connectivity index (χ1) is 8.13. The van der Waals surface area contributed by atoms with Crippen molar-refractivity contribution in [1.82, 2.24) is 10.2 Å². The van der Waals surface area contributed by atoms with Crippen LogP contribution in [0.5, 0.6) is 0 Å². The van der Waals surface area contributed by atoms with Gasteiger partial charge in [-0.15, -0.1) is 0 Å². The summed E-state index contributed by atoms with van der Waals surface area (Å²) in [6, 6.07) is 1.37. The predicted molar refractivity (Wildman–Crippen MR) is 74.3 cm³/mol. The van der Waals surface area contributed by atoms with Gasteiger partial charge in [0.05, 0.1) is 0 Å². The van der Waals surface area contributed by atoms with Gasteiger partial charge in [0.2, 0.25) is 0 Å². The number of nitrogens with one attached hydrogen (secondary N) is 1. The maximum Gasteiger partial charge on any atom is 0.0209 e. The van der Waals surface area contributed by atoms with Crippen molar-refractivity contribution in [3.63, 3.8) is 0 Å². The van der Waals surface area contributed by atoms with Crippen LogP contribution in [0.3, 0.4) is 0 Å². The van der Waals surface area contributed by atoms with Gasteiger partial charge in [-0.1, -0.05) is 33.6 Å². The molecule has 0 aromatic heterocycles. The Labute approximate surface area is 107 Å². The molecule has 1 saturated heterocycles. The maximum atomic E-state index is 3.69. The molecule has 0 spiro atoms. The summed E-state index contributed by atoms with van der Waals surface area (Å²) < 4.78 is 0. The lowest BCUT2D eigenvalue weighted by atomic mass is 9.83. The Bertz CT molecular complexity index is 231. The number of nitrogens with zero attached hydrogens (tertiary/aromatic N) is 1. The molecule has 1 aliphatic heterocycles. The molecule has 2 aliphatic rings. The summed E-state index contributed by atoms with van der Waals surface area (Å²) in [5.74, 6) is 0. The van der Waals surface area contributed by atoms with Gasteiger partial charge >= 0.3 is 0 Å². The van der Waals surface area contributed by atoms with E-state index in [0.717, 1.165) is 6.04 Å². The summed E-state index contributed by atoms with van der Waals surface area (Å²) in [5, 5.41) is 3.69. The minimum atomic E-state index is 0.631. The van der Waals surface area contributed by atoms with E-state index < -0.39 is 0 Å². The average Bonchev–Trinajstić information content (AvgIpc) is 2.89. The van der Waals surface area contributed by atoms with E-state index in [1.807, 2.05) is 0 Å². The molecule has 1 heterocycles. The zero-order valence-electron chi connectivity index (χ0n) is 12.0. The Balaban J connectivity index is 1.80. The van der Waals surface area contributed by atoms with Gasteiger partial charge in [-0.25, -0.2) is 0 Å². The fraction of sp³-hybridized carbons (Fsp3) is 1.00. The summed E-state index contributed by atoms with van der Waals surface area (Å²) >= 11 is 0. The van der Waals surface area contributed by atoms with Crippen molar-refractivity contribution in [2.24, 2.45) is 5.41 Å². The lowest BCUT2D eigenvalue weighted by Crippen LogP contribution is -2.39. The van der Waals surface area contributed by atoms with E-state index in [2.05, 4.69) is 31.0 Å². The topological polar surface area (TPSA) is 15.3 Å². The molecule has 2 nitrogen and oxygen atoms in total. The number of hydrogen-bond acceptors (Lipinski definition) is 2. The number of hydrogen-bond donors (Lipinski definition) is 1. The molecule has 100 valence electrons. The van der Waals surface area contributed by atoms with Gasteiger partial charge in [-0.2, -0.15) is 0 Å². The molecular weight excluding hydrogens is 208 g/mol. The minimum absolute atomic E-state index is 0.631. The Hall–Kier alpha value is -0.0800. The summed E-state index contributed by atoms with van der Waals surface area (Å²) in [4.78, 5) is 2.72. The molecule has 1 saturated carbocycles. The van der Waals surface area contributed by atoms with Crippen LogP contribution < -0.4 is 5.32 Å². The highest BCUT2D eigenvalue weighted by Gasteiger charge is 2.35. The van der Waals surface area contributed by atoms with Gasteiger partial charge in [0.15, 0.2) is 0 Å². The highest BCUT2D eigenvalue weighted by Crippen LogP contribution is 2.41. The van der Waals surface area contributed by atoms with Crippen molar-refractivity contribution < 1.29 is 0 Å². The monoisotopic (exact) mass is 238 g/mol. The van der Waals surface area contributed by atoms with Crippen LogP contribution in [0.2, 0.25) is 0 Å². The molecule has 0 bridgehead atoms. The van der Waals surface area contributed by atoms with Gasteiger partial charge < -0.3 is 10.2 Å². The largest absolute Gasteiger partial charge is 0.310 e. The predicted octanol–water partition coefficient (Wildman–Crippen LogP) is 3.03. The van der Waals surface area contributed by atoms with Crippen molar-refractivity contribution in [1.29, 1.82) is 0 Å². The summed E-state index contributed by atoms with van der Waals surface area (Å²) in [6.45, 7) is 10.9. The first kappa shape index (κ1) is 13.4. The van der Waals surface area contributed by atoms with Gasteiger partial charge in [0.1, 0.15) is 0 Å². The van der Waals surface area contributed by atoms with E-state index in [9.17, 15) is 0 Å². The van der Waals surface area contributed by atoms with Gasteiger partial charge in [-0.3, -0.25) is 0 Å². The van der Waals surface area contributed by atoms with Crippen molar-refractivity contribution in [3.05, 3.63) is 0 Å². The molecule has 1 aliphatic carbocycles. The lowest BCUT2D eigenvalue weighted by molar-refractivity contribution is 0.168. The molecular formula is C15H30N2. The van der Waals surface area contributed by atoms with Gasteiger partial charge in [0, 0.05) is 25.2 Å². The van der Waals surface area contributed by atoms with E-state index in [4.69, 9.17) is 0 Å². The third kappa shape index (κ3) is 3.45. The third-order valence-electron chi connectivity index (χ3n) is 4.81. The maximum absolute atomic E-state index is 3.69. The molecule has 1 unspecified atom stereocenters. The van der Waals surface area contributed by atoms with Crippen LogP contribution in [-0.2, 0) is 0 Å². The van der Waals surface area contributed by atoms with Crippen molar-refractivity contribution >= 4 is 0 Å². The first-order valence-corrected chi connectivity index (χ1v) is 7.62. The quantitative estimate of drug-likeness (QED) is 0.792. The van der Waals surface area contributed by atoms with Crippen LogP contribution in [0.1, 0.15) is 59.3 Å². The van der Waals surface area contributed by atoms with Crippen LogP contribution in [0.25, 0.3) is 0 Å². The van der Waals surface area contributed by atoms with Crippen molar-refractivity contribution in [3.8, 4) is 0 Å². The van der Waals surface area contributed by atoms with E-state index in [1.54, 1.807) is 0 Å². The summed E-state index contributed by atoms with van der Waals surface area (Å²) in [5.41, 5.74) is 0.673. The van der Waals surface area contributed by atoms with Crippen LogP contribution in [0.4, 0.5) is 0 Å². The molecule has 1 atom stereocenters. The average molecular weight is 238 g/mol. The molecule has 2 fully saturated rings. The van der Waals surface area contributed by atoms with E-state index >= 15 is 0 Å². The fourth-order valence-corrected chi connectivity index (χ4v) is 3.81. The van der Waals surface area contributed by atoms with Crippen molar-refractivity contribution in [2.75, 3.05) is 19.6 Å². The van der Waals surface area contributed by atoms with Crippen LogP contribution in [-0.4, -0.2) is 36.6 Å². The van der Waals surface area contributed by atoms with Crippen LogP contribution in [0, 0.1) is 5.41 Å². The molecule has 0 aromatic rings. The molecule has 2 heteroatoms. The summed E-state index contributed by atoms with van der Waals surface area (Å²) in [7, 11) is 0. The second-order valence-electron chi connectivity index (χ2n) is 6.60. The zero-order chi connectivity index (χ0) is 12.3. The van der Waals surface area contributed by atoms with Gasteiger partial charge in [-0.05, 0) is 37.6 Å². The molecule has 0 amide bonds. The Kier molecular flexibility index (Phi) is 4.48. The Morgan fingerprint density at radius 3 is 2.59 bits per heavy atom. The van der Waals surface area contributed by atoms with E-state index in [-0.39, 0.29) is 0 Å². The minimum Gasteiger partial charge on any atom is -0.310 e. The fourth-order valence-electron chi connectivity index (χ4n) is 3.81. The molecule has 2 rings (SSSR count). The van der Waals surface area contributed by atoms with Crippen LogP contribution in [0.15, 0.2) is 0 Å².